The van der Waals surface area contributed by atoms with Crippen LogP contribution in [0.5, 0.6) is 0 Å². The van der Waals surface area contributed by atoms with Gasteiger partial charge >= 0.3 is 0 Å². The zero-order valence-corrected chi connectivity index (χ0v) is 13.0. The molecule has 0 radical (unpaired) electrons. The lowest BCUT2D eigenvalue weighted by atomic mass is 10.0. The number of piperidine rings is 1. The Bertz CT molecular complexity index is 530. The molecule has 0 aromatic heterocycles. The van der Waals surface area contributed by atoms with Gasteiger partial charge in [-0.05, 0) is 32.0 Å². The molecule has 2 rings (SSSR count). The second kappa shape index (κ2) is 7.75. The minimum Gasteiger partial charge on any atom is -0.352 e. The summed E-state index contributed by atoms with van der Waals surface area (Å²) in [4.78, 5) is 28.1. The smallest absolute Gasteiger partial charge is 0.244 e. The van der Waals surface area contributed by atoms with E-state index in [1.165, 1.54) is 0 Å². The standard InChI is InChI=1S/C17H23N3O2/c1-3-11-18-16(21)13-19(2)15-10-7-12-20(17(15)22)14-8-5-4-6-9-14/h3-6,8-9,15H,1,7,10-13H2,2H3,(H,18,21). The average molecular weight is 301 g/mol. The summed E-state index contributed by atoms with van der Waals surface area (Å²) < 4.78 is 0. The molecule has 1 aliphatic heterocycles. The lowest BCUT2D eigenvalue weighted by Crippen LogP contribution is -2.53. The van der Waals surface area contributed by atoms with E-state index in [9.17, 15) is 9.59 Å². The molecule has 1 aromatic carbocycles. The number of hydrogen-bond acceptors (Lipinski definition) is 3. The molecule has 5 heteroatoms. The van der Waals surface area contributed by atoms with Gasteiger partial charge in [0.2, 0.25) is 11.8 Å². The molecule has 5 nitrogen and oxygen atoms in total. The number of carbonyl (C=O) groups is 2. The van der Waals surface area contributed by atoms with Crippen molar-refractivity contribution < 1.29 is 9.59 Å². The Balaban J connectivity index is 2.00. The lowest BCUT2D eigenvalue weighted by Gasteiger charge is -2.36. The van der Waals surface area contributed by atoms with Gasteiger partial charge in [-0.25, -0.2) is 0 Å². The van der Waals surface area contributed by atoms with E-state index in [1.807, 2.05) is 47.2 Å². The van der Waals surface area contributed by atoms with E-state index in [2.05, 4.69) is 11.9 Å². The van der Waals surface area contributed by atoms with Gasteiger partial charge < -0.3 is 10.2 Å². The zero-order chi connectivity index (χ0) is 15.9. The third-order valence-corrected chi connectivity index (χ3v) is 3.85. The highest BCUT2D eigenvalue weighted by Crippen LogP contribution is 2.22. The summed E-state index contributed by atoms with van der Waals surface area (Å²) in [6, 6.07) is 9.43. The van der Waals surface area contributed by atoms with Gasteiger partial charge in [-0.2, -0.15) is 0 Å². The third-order valence-electron chi connectivity index (χ3n) is 3.85. The number of anilines is 1. The van der Waals surface area contributed by atoms with Crippen LogP contribution in [0.4, 0.5) is 5.69 Å². The second-order valence-electron chi connectivity index (χ2n) is 5.49. The largest absolute Gasteiger partial charge is 0.352 e. The van der Waals surface area contributed by atoms with Gasteiger partial charge in [-0.3, -0.25) is 14.5 Å². The fourth-order valence-electron chi connectivity index (χ4n) is 2.71. The number of likely N-dealkylation sites (N-methyl/N-ethyl adjacent to an activating group) is 1. The van der Waals surface area contributed by atoms with E-state index in [1.54, 1.807) is 6.08 Å². The molecule has 1 heterocycles. The first-order valence-corrected chi connectivity index (χ1v) is 7.57. The molecule has 1 atom stereocenters. The van der Waals surface area contributed by atoms with Crippen LogP contribution < -0.4 is 10.2 Å². The van der Waals surface area contributed by atoms with Crippen LogP contribution >= 0.6 is 0 Å². The van der Waals surface area contributed by atoms with Crippen molar-refractivity contribution in [2.24, 2.45) is 0 Å². The molecule has 1 aromatic rings. The molecule has 118 valence electrons. The molecule has 1 aliphatic rings. The van der Waals surface area contributed by atoms with Crippen molar-refractivity contribution in [3.05, 3.63) is 43.0 Å². The first kappa shape index (κ1) is 16.2. The molecule has 22 heavy (non-hydrogen) atoms. The quantitative estimate of drug-likeness (QED) is 0.809. The number of carbonyl (C=O) groups excluding carboxylic acids is 2. The molecular formula is C17H23N3O2. The molecule has 1 N–H and O–H groups in total. The van der Waals surface area contributed by atoms with Crippen molar-refractivity contribution in [3.63, 3.8) is 0 Å². The Morgan fingerprint density at radius 2 is 2.18 bits per heavy atom. The normalized spacial score (nSPS) is 18.4. The van der Waals surface area contributed by atoms with Crippen molar-refractivity contribution in [2.45, 2.75) is 18.9 Å². The van der Waals surface area contributed by atoms with Gasteiger partial charge in [0.05, 0.1) is 12.6 Å². The summed E-state index contributed by atoms with van der Waals surface area (Å²) in [6.45, 7) is 4.96. The van der Waals surface area contributed by atoms with Crippen molar-refractivity contribution in [1.82, 2.24) is 10.2 Å². The minimum absolute atomic E-state index is 0.0662. The molecule has 1 unspecified atom stereocenters. The summed E-state index contributed by atoms with van der Waals surface area (Å²) in [5.41, 5.74) is 0.918. The number of hydrogen-bond donors (Lipinski definition) is 1. The van der Waals surface area contributed by atoms with E-state index in [-0.39, 0.29) is 24.4 Å². The maximum Gasteiger partial charge on any atom is 0.244 e. The Morgan fingerprint density at radius 1 is 1.45 bits per heavy atom. The van der Waals surface area contributed by atoms with Gasteiger partial charge in [0, 0.05) is 18.8 Å². The molecule has 0 spiro atoms. The highest BCUT2D eigenvalue weighted by atomic mass is 16.2. The van der Waals surface area contributed by atoms with Gasteiger partial charge in [-0.15, -0.1) is 6.58 Å². The molecule has 2 amide bonds. The predicted octanol–water partition coefficient (Wildman–Crippen LogP) is 1.42. The molecular weight excluding hydrogens is 278 g/mol. The van der Waals surface area contributed by atoms with E-state index in [0.717, 1.165) is 25.1 Å². The van der Waals surface area contributed by atoms with Gasteiger partial charge in [0.25, 0.3) is 0 Å². The summed E-state index contributed by atoms with van der Waals surface area (Å²) in [5.74, 6) is -0.0245. The Labute approximate surface area is 131 Å². The molecule has 1 fully saturated rings. The van der Waals surface area contributed by atoms with Crippen LogP contribution in [0.1, 0.15) is 12.8 Å². The summed E-state index contributed by atoms with van der Waals surface area (Å²) >= 11 is 0. The highest BCUT2D eigenvalue weighted by Gasteiger charge is 2.32. The van der Waals surface area contributed by atoms with Crippen LogP contribution in [0.3, 0.4) is 0 Å². The van der Waals surface area contributed by atoms with E-state index in [0.29, 0.717) is 6.54 Å². The van der Waals surface area contributed by atoms with Crippen LogP contribution in [0.2, 0.25) is 0 Å². The summed E-state index contributed by atoms with van der Waals surface area (Å²) in [6.07, 6.45) is 3.36. The van der Waals surface area contributed by atoms with Crippen LogP contribution in [-0.4, -0.2) is 49.4 Å². The van der Waals surface area contributed by atoms with Gasteiger partial charge in [-0.1, -0.05) is 24.3 Å². The van der Waals surface area contributed by atoms with E-state index in [4.69, 9.17) is 0 Å². The highest BCUT2D eigenvalue weighted by molar-refractivity contribution is 5.98. The molecule has 1 saturated heterocycles. The van der Waals surface area contributed by atoms with Gasteiger partial charge in [0.15, 0.2) is 0 Å². The predicted molar refractivity (Wildman–Crippen MR) is 87.7 cm³/mol. The van der Waals surface area contributed by atoms with E-state index < -0.39 is 0 Å². The molecule has 0 aliphatic carbocycles. The van der Waals surface area contributed by atoms with Crippen molar-refractivity contribution in [2.75, 3.05) is 31.6 Å². The maximum absolute atomic E-state index is 12.7. The van der Waals surface area contributed by atoms with Crippen LogP contribution in [0.25, 0.3) is 0 Å². The monoisotopic (exact) mass is 301 g/mol. The Kier molecular flexibility index (Phi) is 5.72. The number of rotatable bonds is 6. The fraction of sp³-hybridized carbons (Fsp3) is 0.412. The fourth-order valence-corrected chi connectivity index (χ4v) is 2.71. The number of nitrogens with zero attached hydrogens (tertiary/aromatic N) is 2. The number of benzene rings is 1. The van der Waals surface area contributed by atoms with Crippen LogP contribution in [-0.2, 0) is 9.59 Å². The van der Waals surface area contributed by atoms with Crippen molar-refractivity contribution in [3.8, 4) is 0 Å². The summed E-state index contributed by atoms with van der Waals surface area (Å²) in [7, 11) is 1.82. The average Bonchev–Trinajstić information content (AvgIpc) is 2.53. The zero-order valence-electron chi connectivity index (χ0n) is 13.0. The SMILES string of the molecule is C=CCNC(=O)CN(C)C1CCCN(c2ccccc2)C1=O. The lowest BCUT2D eigenvalue weighted by molar-refractivity contribution is -0.127. The Morgan fingerprint density at radius 3 is 2.86 bits per heavy atom. The second-order valence-corrected chi connectivity index (χ2v) is 5.49. The Hall–Kier alpha value is -2.14. The number of amides is 2. The number of para-hydroxylation sites is 1. The minimum atomic E-state index is -0.247. The first-order chi connectivity index (χ1) is 10.6. The van der Waals surface area contributed by atoms with Gasteiger partial charge in [0.1, 0.15) is 0 Å². The number of nitrogens with one attached hydrogen (secondary N) is 1. The molecule has 0 bridgehead atoms. The molecule has 0 saturated carbocycles. The maximum atomic E-state index is 12.7. The summed E-state index contributed by atoms with van der Waals surface area (Å²) in [5, 5.41) is 2.74. The van der Waals surface area contributed by atoms with Crippen molar-refractivity contribution >= 4 is 17.5 Å². The van der Waals surface area contributed by atoms with Crippen LogP contribution in [0, 0.1) is 0 Å². The first-order valence-electron chi connectivity index (χ1n) is 7.57. The third kappa shape index (κ3) is 3.95. The topological polar surface area (TPSA) is 52.7 Å². The van der Waals surface area contributed by atoms with E-state index >= 15 is 0 Å². The van der Waals surface area contributed by atoms with Crippen molar-refractivity contribution in [1.29, 1.82) is 0 Å². The van der Waals surface area contributed by atoms with Crippen LogP contribution in [0.15, 0.2) is 43.0 Å².